The first-order chi connectivity index (χ1) is 9.70. The largest absolute Gasteiger partial charge is 0.333 e. The molecule has 0 saturated carbocycles. The van der Waals surface area contributed by atoms with Crippen molar-refractivity contribution in [3.63, 3.8) is 0 Å². The number of rotatable bonds is 5. The summed E-state index contributed by atoms with van der Waals surface area (Å²) in [5.41, 5.74) is 1.48. The van der Waals surface area contributed by atoms with E-state index in [0.717, 1.165) is 5.56 Å². The molecule has 1 amide bonds. The topological polar surface area (TPSA) is 20.3 Å². The van der Waals surface area contributed by atoms with Crippen LogP contribution in [-0.2, 0) is 17.9 Å². The average molecular weight is 292 g/mol. The van der Waals surface area contributed by atoms with Crippen LogP contribution in [0.15, 0.2) is 54.6 Å². The van der Waals surface area contributed by atoms with E-state index in [0.29, 0.717) is 12.1 Å². The van der Waals surface area contributed by atoms with Gasteiger partial charge in [-0.25, -0.2) is 4.39 Å². The van der Waals surface area contributed by atoms with Crippen LogP contribution >= 0.6 is 11.6 Å². The molecule has 0 aliphatic carbocycles. The van der Waals surface area contributed by atoms with E-state index < -0.39 is 0 Å². The van der Waals surface area contributed by atoms with Gasteiger partial charge in [0.1, 0.15) is 11.7 Å². The van der Waals surface area contributed by atoms with Crippen molar-refractivity contribution in [1.82, 2.24) is 4.90 Å². The number of amides is 1. The Hall–Kier alpha value is -1.87. The molecule has 2 rings (SSSR count). The van der Waals surface area contributed by atoms with Gasteiger partial charge in [0.15, 0.2) is 0 Å². The summed E-state index contributed by atoms with van der Waals surface area (Å²) in [4.78, 5) is 13.5. The highest BCUT2D eigenvalue weighted by molar-refractivity contribution is 6.27. The average Bonchev–Trinajstić information content (AvgIpc) is 2.49. The Morgan fingerprint density at radius 2 is 1.65 bits per heavy atom. The fraction of sp³-hybridized carbons (Fsp3) is 0.188. The van der Waals surface area contributed by atoms with Crippen molar-refractivity contribution in [2.24, 2.45) is 0 Å². The smallest absolute Gasteiger partial charge is 0.238 e. The Labute approximate surface area is 122 Å². The number of nitrogens with zero attached hydrogens (tertiary/aromatic N) is 1. The summed E-state index contributed by atoms with van der Waals surface area (Å²) in [7, 11) is 0. The van der Waals surface area contributed by atoms with Crippen LogP contribution in [0.2, 0.25) is 0 Å². The molecule has 2 aromatic carbocycles. The number of hydrogen-bond donors (Lipinski definition) is 0. The predicted octanol–water partition coefficient (Wildman–Crippen LogP) is 3.59. The highest BCUT2D eigenvalue weighted by atomic mass is 35.5. The van der Waals surface area contributed by atoms with Gasteiger partial charge < -0.3 is 4.90 Å². The minimum absolute atomic E-state index is 0.110. The summed E-state index contributed by atoms with van der Waals surface area (Å²) in [5, 5.41) is 0. The molecule has 0 heterocycles. The highest BCUT2D eigenvalue weighted by Crippen LogP contribution is 2.13. The third-order valence-electron chi connectivity index (χ3n) is 3.00. The molecule has 2 aromatic rings. The summed E-state index contributed by atoms with van der Waals surface area (Å²) in [5.74, 6) is -0.631. The van der Waals surface area contributed by atoms with Crippen molar-refractivity contribution in [2.45, 2.75) is 13.1 Å². The number of alkyl halides is 1. The number of carbonyl (C=O) groups excluding carboxylic acids is 1. The SMILES string of the molecule is O=C(CCl)N(Cc1ccccc1)Cc1ccccc1F. The van der Waals surface area contributed by atoms with E-state index in [1.54, 1.807) is 23.1 Å². The third-order valence-corrected chi connectivity index (χ3v) is 3.23. The summed E-state index contributed by atoms with van der Waals surface area (Å²) in [6, 6.07) is 16.0. The van der Waals surface area contributed by atoms with Gasteiger partial charge in [-0.15, -0.1) is 11.6 Å². The van der Waals surface area contributed by atoms with Gasteiger partial charge in [-0.3, -0.25) is 4.79 Å². The first-order valence-corrected chi connectivity index (χ1v) is 6.85. The predicted molar refractivity (Wildman–Crippen MR) is 77.8 cm³/mol. The first-order valence-electron chi connectivity index (χ1n) is 6.32. The fourth-order valence-electron chi connectivity index (χ4n) is 1.95. The van der Waals surface area contributed by atoms with Gasteiger partial charge in [0, 0.05) is 18.7 Å². The molecular weight excluding hydrogens is 277 g/mol. The Morgan fingerprint density at radius 1 is 1.00 bits per heavy atom. The van der Waals surface area contributed by atoms with Crippen LogP contribution in [0.1, 0.15) is 11.1 Å². The van der Waals surface area contributed by atoms with Crippen LogP contribution in [0.5, 0.6) is 0 Å². The molecule has 0 fully saturated rings. The lowest BCUT2D eigenvalue weighted by molar-refractivity contribution is -0.129. The van der Waals surface area contributed by atoms with Gasteiger partial charge in [-0.2, -0.15) is 0 Å². The Balaban J connectivity index is 2.16. The van der Waals surface area contributed by atoms with E-state index in [-0.39, 0.29) is 24.1 Å². The lowest BCUT2D eigenvalue weighted by Crippen LogP contribution is -2.31. The van der Waals surface area contributed by atoms with Crippen molar-refractivity contribution in [3.05, 3.63) is 71.5 Å². The van der Waals surface area contributed by atoms with Crippen LogP contribution in [0.4, 0.5) is 4.39 Å². The third kappa shape index (κ3) is 3.81. The number of halogens is 2. The second kappa shape index (κ2) is 7.06. The van der Waals surface area contributed by atoms with Gasteiger partial charge in [0.05, 0.1) is 0 Å². The van der Waals surface area contributed by atoms with Crippen LogP contribution in [0.3, 0.4) is 0 Å². The summed E-state index contributed by atoms with van der Waals surface area (Å²) >= 11 is 5.63. The van der Waals surface area contributed by atoms with E-state index in [4.69, 9.17) is 11.6 Å². The molecule has 0 unspecified atom stereocenters. The van der Waals surface area contributed by atoms with Gasteiger partial charge in [-0.1, -0.05) is 48.5 Å². The van der Waals surface area contributed by atoms with Gasteiger partial charge in [0.25, 0.3) is 0 Å². The molecular formula is C16H15ClFNO. The van der Waals surface area contributed by atoms with Crippen LogP contribution in [0.25, 0.3) is 0 Å². The quantitative estimate of drug-likeness (QED) is 0.771. The monoisotopic (exact) mass is 291 g/mol. The molecule has 0 saturated heterocycles. The molecule has 0 aromatic heterocycles. The molecule has 2 nitrogen and oxygen atoms in total. The summed E-state index contributed by atoms with van der Waals surface area (Å²) in [6.07, 6.45) is 0. The second-order valence-corrected chi connectivity index (χ2v) is 4.73. The second-order valence-electron chi connectivity index (χ2n) is 4.46. The molecule has 0 radical (unpaired) electrons. The van der Waals surface area contributed by atoms with Gasteiger partial charge in [0.2, 0.25) is 5.91 Å². The standard InChI is InChI=1S/C16H15ClFNO/c17-10-16(20)19(11-13-6-2-1-3-7-13)12-14-8-4-5-9-15(14)18/h1-9H,10-12H2. The Morgan fingerprint density at radius 3 is 2.30 bits per heavy atom. The summed E-state index contributed by atoms with van der Waals surface area (Å²) < 4.78 is 13.7. The normalized spacial score (nSPS) is 10.3. The van der Waals surface area contributed by atoms with Gasteiger partial charge in [-0.05, 0) is 11.6 Å². The maximum atomic E-state index is 13.7. The molecule has 104 valence electrons. The molecule has 20 heavy (non-hydrogen) atoms. The lowest BCUT2D eigenvalue weighted by Gasteiger charge is -2.22. The van der Waals surface area contributed by atoms with E-state index in [9.17, 15) is 9.18 Å². The highest BCUT2D eigenvalue weighted by Gasteiger charge is 2.15. The lowest BCUT2D eigenvalue weighted by atomic mass is 10.1. The van der Waals surface area contributed by atoms with Crippen molar-refractivity contribution in [3.8, 4) is 0 Å². The molecule has 0 aliphatic heterocycles. The van der Waals surface area contributed by atoms with Crippen LogP contribution in [0, 0.1) is 5.82 Å². The molecule has 0 aliphatic rings. The van der Waals surface area contributed by atoms with Crippen LogP contribution in [-0.4, -0.2) is 16.7 Å². The zero-order valence-electron chi connectivity index (χ0n) is 10.9. The maximum absolute atomic E-state index is 13.7. The van der Waals surface area contributed by atoms with E-state index in [2.05, 4.69) is 0 Å². The molecule has 0 spiro atoms. The number of carbonyl (C=O) groups is 1. The van der Waals surface area contributed by atoms with Crippen molar-refractivity contribution in [1.29, 1.82) is 0 Å². The number of hydrogen-bond acceptors (Lipinski definition) is 1. The molecule has 0 atom stereocenters. The first kappa shape index (κ1) is 14.5. The Bertz CT molecular complexity index is 574. The molecule has 0 N–H and O–H groups in total. The van der Waals surface area contributed by atoms with E-state index in [1.807, 2.05) is 30.3 Å². The minimum atomic E-state index is -0.312. The van der Waals surface area contributed by atoms with Gasteiger partial charge >= 0.3 is 0 Å². The minimum Gasteiger partial charge on any atom is -0.333 e. The van der Waals surface area contributed by atoms with Crippen molar-refractivity contribution in [2.75, 3.05) is 5.88 Å². The zero-order valence-corrected chi connectivity index (χ0v) is 11.7. The Kier molecular flexibility index (Phi) is 5.13. The molecule has 4 heteroatoms. The van der Waals surface area contributed by atoms with Crippen molar-refractivity contribution >= 4 is 17.5 Å². The zero-order chi connectivity index (χ0) is 14.4. The molecule has 0 bridgehead atoms. The van der Waals surface area contributed by atoms with E-state index >= 15 is 0 Å². The van der Waals surface area contributed by atoms with Crippen LogP contribution < -0.4 is 0 Å². The van der Waals surface area contributed by atoms with Crippen molar-refractivity contribution < 1.29 is 9.18 Å². The maximum Gasteiger partial charge on any atom is 0.238 e. The fourth-order valence-corrected chi connectivity index (χ4v) is 2.12. The number of benzene rings is 2. The summed E-state index contributed by atoms with van der Waals surface area (Å²) in [6.45, 7) is 0.633. The van der Waals surface area contributed by atoms with E-state index in [1.165, 1.54) is 6.07 Å².